The van der Waals surface area contributed by atoms with Gasteiger partial charge in [-0.2, -0.15) is 13.2 Å². The van der Waals surface area contributed by atoms with Crippen molar-refractivity contribution < 1.29 is 13.2 Å². The third-order valence-electron chi connectivity index (χ3n) is 5.73. The molecule has 1 saturated carbocycles. The number of piperidine rings is 1. The quantitative estimate of drug-likeness (QED) is 0.833. The van der Waals surface area contributed by atoms with Gasteiger partial charge in [0, 0.05) is 18.1 Å². The van der Waals surface area contributed by atoms with Gasteiger partial charge in [0.2, 0.25) is 0 Å². The third kappa shape index (κ3) is 5.61. The van der Waals surface area contributed by atoms with Gasteiger partial charge in [0.25, 0.3) is 0 Å². The predicted molar refractivity (Wildman–Crippen MR) is 87.6 cm³/mol. The van der Waals surface area contributed by atoms with Crippen molar-refractivity contribution in [2.45, 2.75) is 63.2 Å². The number of hydrogen-bond donors (Lipinski definition) is 1. The molecule has 1 saturated heterocycles. The van der Waals surface area contributed by atoms with Crippen LogP contribution in [0.3, 0.4) is 0 Å². The van der Waals surface area contributed by atoms with Gasteiger partial charge in [-0.15, -0.1) is 0 Å². The summed E-state index contributed by atoms with van der Waals surface area (Å²) in [5.74, 6) is 0.751. The molecule has 3 nitrogen and oxygen atoms in total. The molecule has 1 N–H and O–H groups in total. The van der Waals surface area contributed by atoms with Crippen LogP contribution in [0.1, 0.15) is 45.4 Å². The van der Waals surface area contributed by atoms with E-state index in [1.54, 1.807) is 0 Å². The fourth-order valence-corrected chi connectivity index (χ4v) is 4.24. The molecule has 6 heteroatoms. The highest BCUT2D eigenvalue weighted by Crippen LogP contribution is 2.35. The monoisotopic (exact) mass is 335 g/mol. The van der Waals surface area contributed by atoms with Crippen LogP contribution in [0.15, 0.2) is 0 Å². The topological polar surface area (TPSA) is 18.5 Å². The third-order valence-corrected chi connectivity index (χ3v) is 5.73. The Labute approximate surface area is 138 Å². The molecule has 2 atom stereocenters. The maximum Gasteiger partial charge on any atom is 0.401 e. The van der Waals surface area contributed by atoms with E-state index >= 15 is 0 Å². The normalized spacial score (nSPS) is 31.7. The number of likely N-dealkylation sites (N-methyl/N-ethyl adjacent to an activating group) is 1. The summed E-state index contributed by atoms with van der Waals surface area (Å²) in [6, 6.07) is 0.355. The SMILES string of the molecule is CC1CCCC(CNC2CCN(CC(F)(F)F)CC2)(N(C)C)C1. The lowest BCUT2D eigenvalue weighted by atomic mass is 9.75. The first-order valence-electron chi connectivity index (χ1n) is 8.90. The van der Waals surface area contributed by atoms with Crippen LogP contribution in [0.25, 0.3) is 0 Å². The predicted octanol–water partition coefficient (Wildman–Crippen LogP) is 3.11. The molecular formula is C17H32F3N3. The summed E-state index contributed by atoms with van der Waals surface area (Å²) in [7, 11) is 4.32. The Morgan fingerprint density at radius 3 is 2.35 bits per heavy atom. The lowest BCUT2D eigenvalue weighted by molar-refractivity contribution is -0.148. The second-order valence-corrected chi connectivity index (χ2v) is 7.87. The van der Waals surface area contributed by atoms with Crippen molar-refractivity contribution in [1.82, 2.24) is 15.1 Å². The molecule has 1 aliphatic carbocycles. The average molecular weight is 335 g/mol. The van der Waals surface area contributed by atoms with Crippen LogP contribution < -0.4 is 5.32 Å². The van der Waals surface area contributed by atoms with E-state index in [1.807, 2.05) is 0 Å². The first-order valence-corrected chi connectivity index (χ1v) is 8.90. The highest BCUT2D eigenvalue weighted by molar-refractivity contribution is 4.95. The van der Waals surface area contributed by atoms with E-state index < -0.39 is 12.7 Å². The van der Waals surface area contributed by atoms with Crippen LogP contribution in [0.5, 0.6) is 0 Å². The molecule has 0 spiro atoms. The Morgan fingerprint density at radius 1 is 1.17 bits per heavy atom. The van der Waals surface area contributed by atoms with E-state index in [0.717, 1.165) is 25.3 Å². The summed E-state index contributed by atoms with van der Waals surface area (Å²) in [4.78, 5) is 3.89. The molecule has 2 rings (SSSR count). The van der Waals surface area contributed by atoms with Crippen molar-refractivity contribution in [2.24, 2.45) is 5.92 Å². The van der Waals surface area contributed by atoms with E-state index in [1.165, 1.54) is 30.6 Å². The number of rotatable bonds is 5. The standard InChI is InChI=1S/C17H32F3N3/c1-14-5-4-8-16(11-14,22(2)3)12-21-15-6-9-23(10-7-15)13-17(18,19)20/h14-15,21H,4-13H2,1-3H3. The second kappa shape index (κ2) is 7.70. The number of hydrogen-bond acceptors (Lipinski definition) is 3. The van der Waals surface area contributed by atoms with Gasteiger partial charge in [-0.1, -0.05) is 19.8 Å². The van der Waals surface area contributed by atoms with Crippen molar-refractivity contribution in [3.05, 3.63) is 0 Å². The fraction of sp³-hybridized carbons (Fsp3) is 1.00. The summed E-state index contributed by atoms with van der Waals surface area (Å²) in [6.07, 6.45) is 2.55. The lowest BCUT2D eigenvalue weighted by Gasteiger charge is -2.46. The molecule has 2 aliphatic rings. The summed E-state index contributed by atoms with van der Waals surface area (Å²) >= 11 is 0. The summed E-state index contributed by atoms with van der Waals surface area (Å²) in [5.41, 5.74) is 0.209. The minimum Gasteiger partial charge on any atom is -0.312 e. The maximum atomic E-state index is 12.4. The average Bonchev–Trinajstić information content (AvgIpc) is 2.45. The van der Waals surface area contributed by atoms with Crippen molar-refractivity contribution in [1.29, 1.82) is 0 Å². The summed E-state index contributed by atoms with van der Waals surface area (Å²) in [6.45, 7) is 3.60. The van der Waals surface area contributed by atoms with E-state index in [2.05, 4.69) is 31.2 Å². The zero-order valence-electron chi connectivity index (χ0n) is 14.8. The Balaban J connectivity index is 1.79. The fourth-order valence-electron chi connectivity index (χ4n) is 4.24. The van der Waals surface area contributed by atoms with E-state index in [-0.39, 0.29) is 5.54 Å². The zero-order valence-corrected chi connectivity index (χ0v) is 14.8. The molecule has 0 aromatic heterocycles. The molecule has 1 heterocycles. The van der Waals surface area contributed by atoms with Crippen LogP contribution in [-0.4, -0.2) is 67.8 Å². The van der Waals surface area contributed by atoms with Crippen LogP contribution in [0.2, 0.25) is 0 Å². The number of nitrogens with zero attached hydrogens (tertiary/aromatic N) is 2. The molecule has 136 valence electrons. The molecule has 0 radical (unpaired) electrons. The van der Waals surface area contributed by atoms with Crippen LogP contribution in [0.4, 0.5) is 13.2 Å². The van der Waals surface area contributed by atoms with Gasteiger partial charge in [0.15, 0.2) is 0 Å². The number of alkyl halides is 3. The second-order valence-electron chi connectivity index (χ2n) is 7.87. The van der Waals surface area contributed by atoms with Crippen molar-refractivity contribution in [3.63, 3.8) is 0 Å². The van der Waals surface area contributed by atoms with E-state index in [4.69, 9.17) is 0 Å². The minimum atomic E-state index is -4.08. The number of nitrogens with one attached hydrogen (secondary N) is 1. The zero-order chi connectivity index (χ0) is 17.1. The van der Waals surface area contributed by atoms with Crippen LogP contribution in [0, 0.1) is 5.92 Å². The number of halogens is 3. The van der Waals surface area contributed by atoms with Gasteiger partial charge in [-0.05, 0) is 58.8 Å². The van der Waals surface area contributed by atoms with Crippen LogP contribution in [-0.2, 0) is 0 Å². The Morgan fingerprint density at radius 2 is 1.83 bits per heavy atom. The summed E-state index contributed by atoms with van der Waals surface area (Å²) < 4.78 is 37.3. The molecule has 23 heavy (non-hydrogen) atoms. The molecule has 0 aromatic rings. The van der Waals surface area contributed by atoms with Crippen molar-refractivity contribution in [2.75, 3.05) is 40.3 Å². The smallest absolute Gasteiger partial charge is 0.312 e. The van der Waals surface area contributed by atoms with Gasteiger partial charge in [-0.25, -0.2) is 0 Å². The summed E-state index contributed by atoms with van der Waals surface area (Å²) in [5, 5.41) is 3.67. The Hall–Kier alpha value is -0.330. The highest BCUT2D eigenvalue weighted by Gasteiger charge is 2.38. The van der Waals surface area contributed by atoms with Gasteiger partial charge >= 0.3 is 6.18 Å². The van der Waals surface area contributed by atoms with Crippen molar-refractivity contribution >= 4 is 0 Å². The molecule has 1 aliphatic heterocycles. The largest absolute Gasteiger partial charge is 0.401 e. The van der Waals surface area contributed by atoms with Gasteiger partial charge in [0.1, 0.15) is 0 Å². The maximum absolute atomic E-state index is 12.4. The first kappa shape index (κ1) is 19.0. The van der Waals surface area contributed by atoms with E-state index in [9.17, 15) is 13.2 Å². The van der Waals surface area contributed by atoms with Gasteiger partial charge < -0.3 is 10.2 Å². The van der Waals surface area contributed by atoms with Gasteiger partial charge in [0.05, 0.1) is 6.54 Å². The molecule has 0 aromatic carbocycles. The minimum absolute atomic E-state index is 0.209. The molecular weight excluding hydrogens is 303 g/mol. The highest BCUT2D eigenvalue weighted by atomic mass is 19.4. The Kier molecular flexibility index (Phi) is 6.36. The van der Waals surface area contributed by atoms with Gasteiger partial charge in [-0.3, -0.25) is 4.90 Å². The first-order chi connectivity index (χ1) is 10.7. The van der Waals surface area contributed by atoms with E-state index in [0.29, 0.717) is 19.1 Å². The molecule has 2 fully saturated rings. The lowest BCUT2D eigenvalue weighted by Crippen LogP contribution is -2.56. The molecule has 0 bridgehead atoms. The Bertz CT molecular complexity index is 365. The molecule has 0 amide bonds. The van der Waals surface area contributed by atoms with Crippen molar-refractivity contribution in [3.8, 4) is 0 Å². The molecule has 2 unspecified atom stereocenters. The van der Waals surface area contributed by atoms with Crippen LogP contribution >= 0.6 is 0 Å². The number of likely N-dealkylation sites (tertiary alicyclic amines) is 1.